The molecule has 1 fully saturated rings. The molecule has 2 atom stereocenters. The maximum Gasteiger partial charge on any atom is 0.274 e. The lowest BCUT2D eigenvalue weighted by Crippen LogP contribution is -2.50. The number of nitrogens with one attached hydrogen (secondary N) is 1. The number of fused-ring (bicyclic) bond motifs is 3. The topological polar surface area (TPSA) is 75.4 Å². The third-order valence-electron chi connectivity index (χ3n) is 4.46. The van der Waals surface area contributed by atoms with Crippen LogP contribution in [0.3, 0.4) is 0 Å². The molecule has 2 aliphatic rings. The summed E-state index contributed by atoms with van der Waals surface area (Å²) in [4.78, 5) is 12.3. The van der Waals surface area contributed by atoms with E-state index in [1.807, 2.05) is 18.2 Å². The number of carbonyl (C=O) groups excluding carboxylic acids is 1. The minimum absolute atomic E-state index is 0.152. The van der Waals surface area contributed by atoms with Gasteiger partial charge in [-0.05, 0) is 31.2 Å². The van der Waals surface area contributed by atoms with Gasteiger partial charge in [-0.3, -0.25) is 4.79 Å². The van der Waals surface area contributed by atoms with Gasteiger partial charge in [-0.1, -0.05) is 29.4 Å². The molecule has 0 unspecified atom stereocenters. The summed E-state index contributed by atoms with van der Waals surface area (Å²) in [6, 6.07) is 7.88. The molecule has 0 spiro atoms. The van der Waals surface area contributed by atoms with Crippen LogP contribution in [-0.2, 0) is 12.8 Å². The van der Waals surface area contributed by atoms with Crippen molar-refractivity contribution in [3.63, 3.8) is 0 Å². The lowest BCUT2D eigenvalue weighted by atomic mass is 9.88. The van der Waals surface area contributed by atoms with Crippen molar-refractivity contribution in [2.24, 2.45) is 0 Å². The number of nitrogens with zero attached hydrogens (tertiary/aromatic N) is 1. The van der Waals surface area contributed by atoms with E-state index in [4.69, 9.17) is 4.52 Å². The van der Waals surface area contributed by atoms with Crippen molar-refractivity contribution in [3.05, 3.63) is 41.1 Å². The number of amides is 1. The van der Waals surface area contributed by atoms with E-state index in [0.717, 1.165) is 36.8 Å². The van der Waals surface area contributed by atoms with E-state index >= 15 is 0 Å². The number of hydrogen-bond donors (Lipinski definition) is 2. The highest BCUT2D eigenvalue weighted by Gasteiger charge is 2.33. The molecule has 1 amide bonds. The average Bonchev–Trinajstić information content (AvgIpc) is 2.95. The number of aliphatic hydroxyl groups is 1. The van der Waals surface area contributed by atoms with Crippen molar-refractivity contribution in [1.82, 2.24) is 10.5 Å². The molecule has 1 heterocycles. The lowest BCUT2D eigenvalue weighted by molar-refractivity contribution is 0.0444. The van der Waals surface area contributed by atoms with Crippen LogP contribution in [0.2, 0.25) is 0 Å². The Morgan fingerprint density at radius 1 is 1.29 bits per heavy atom. The smallest absolute Gasteiger partial charge is 0.274 e. The van der Waals surface area contributed by atoms with E-state index < -0.39 is 6.10 Å². The molecule has 1 aromatic carbocycles. The molecule has 1 saturated carbocycles. The first-order valence-corrected chi connectivity index (χ1v) is 7.30. The largest absolute Gasteiger partial charge is 0.391 e. The van der Waals surface area contributed by atoms with E-state index in [2.05, 4.69) is 16.5 Å². The van der Waals surface area contributed by atoms with Gasteiger partial charge in [0.05, 0.1) is 12.1 Å². The van der Waals surface area contributed by atoms with Gasteiger partial charge >= 0.3 is 0 Å². The van der Waals surface area contributed by atoms with Crippen molar-refractivity contribution in [2.75, 3.05) is 0 Å². The first kappa shape index (κ1) is 12.6. The quantitative estimate of drug-likeness (QED) is 0.880. The van der Waals surface area contributed by atoms with Crippen LogP contribution in [-0.4, -0.2) is 28.3 Å². The van der Waals surface area contributed by atoms with E-state index in [1.165, 1.54) is 5.56 Å². The summed E-state index contributed by atoms with van der Waals surface area (Å²) in [5.41, 5.74) is 3.48. The molecule has 21 heavy (non-hydrogen) atoms. The predicted molar refractivity (Wildman–Crippen MR) is 75.8 cm³/mol. The van der Waals surface area contributed by atoms with Crippen LogP contribution in [0.5, 0.6) is 0 Å². The SMILES string of the molecule is O=C(N[C@@H]1CC[C@H]1O)c1noc2c1CCc1ccccc1-2. The minimum atomic E-state index is -0.433. The van der Waals surface area contributed by atoms with E-state index in [9.17, 15) is 9.90 Å². The number of rotatable bonds is 2. The van der Waals surface area contributed by atoms with Gasteiger partial charge in [-0.15, -0.1) is 0 Å². The first-order valence-electron chi connectivity index (χ1n) is 7.30. The van der Waals surface area contributed by atoms with Crippen molar-refractivity contribution >= 4 is 5.91 Å². The Labute approximate surface area is 122 Å². The minimum Gasteiger partial charge on any atom is -0.391 e. The maximum absolute atomic E-state index is 12.3. The normalized spacial score (nSPS) is 22.9. The van der Waals surface area contributed by atoms with Gasteiger partial charge in [-0.2, -0.15) is 0 Å². The van der Waals surface area contributed by atoms with Gasteiger partial charge in [0.2, 0.25) is 0 Å². The van der Waals surface area contributed by atoms with Gasteiger partial charge < -0.3 is 14.9 Å². The molecule has 1 aromatic heterocycles. The van der Waals surface area contributed by atoms with Gasteiger partial charge in [0, 0.05) is 11.1 Å². The van der Waals surface area contributed by atoms with Crippen LogP contribution < -0.4 is 5.32 Å². The van der Waals surface area contributed by atoms with Gasteiger partial charge in [0.25, 0.3) is 5.91 Å². The van der Waals surface area contributed by atoms with Crippen molar-refractivity contribution in [3.8, 4) is 11.3 Å². The van der Waals surface area contributed by atoms with E-state index in [-0.39, 0.29) is 11.9 Å². The molecule has 108 valence electrons. The molecule has 2 N–H and O–H groups in total. The Bertz CT molecular complexity index is 707. The summed E-state index contributed by atoms with van der Waals surface area (Å²) in [6.07, 6.45) is 2.77. The molecule has 5 nitrogen and oxygen atoms in total. The molecule has 2 aliphatic carbocycles. The van der Waals surface area contributed by atoms with E-state index in [0.29, 0.717) is 11.5 Å². The van der Waals surface area contributed by atoms with Crippen LogP contribution in [0.25, 0.3) is 11.3 Å². The fraction of sp³-hybridized carbons (Fsp3) is 0.375. The number of aromatic nitrogens is 1. The van der Waals surface area contributed by atoms with Crippen molar-refractivity contribution in [2.45, 2.75) is 37.8 Å². The molecule has 0 radical (unpaired) electrons. The zero-order valence-electron chi connectivity index (χ0n) is 11.5. The standard InChI is InChI=1S/C16H16N2O3/c19-13-8-7-12(13)17-16(20)14-11-6-5-9-3-1-2-4-10(9)15(11)21-18-14/h1-4,12-13,19H,5-8H2,(H,17,20)/t12-,13-/m1/s1. The molecule has 5 heteroatoms. The monoisotopic (exact) mass is 284 g/mol. The lowest BCUT2D eigenvalue weighted by Gasteiger charge is -2.32. The van der Waals surface area contributed by atoms with Crippen molar-refractivity contribution in [1.29, 1.82) is 0 Å². The second-order valence-corrected chi connectivity index (χ2v) is 5.72. The highest BCUT2D eigenvalue weighted by Crippen LogP contribution is 2.35. The van der Waals surface area contributed by atoms with Crippen LogP contribution in [0, 0.1) is 0 Å². The number of hydrogen-bond acceptors (Lipinski definition) is 4. The Hall–Kier alpha value is -2.14. The number of aryl methyl sites for hydroxylation is 1. The third-order valence-corrected chi connectivity index (χ3v) is 4.46. The fourth-order valence-corrected chi connectivity index (χ4v) is 3.04. The van der Waals surface area contributed by atoms with Gasteiger partial charge in [0.1, 0.15) is 0 Å². The molecule has 0 aliphatic heterocycles. The Kier molecular flexibility index (Phi) is 2.82. The summed E-state index contributed by atoms with van der Waals surface area (Å²) in [5, 5.41) is 16.4. The summed E-state index contributed by atoms with van der Waals surface area (Å²) in [5.74, 6) is 0.458. The van der Waals surface area contributed by atoms with Crippen LogP contribution >= 0.6 is 0 Å². The Morgan fingerprint density at radius 3 is 2.90 bits per heavy atom. The zero-order valence-corrected chi connectivity index (χ0v) is 11.5. The predicted octanol–water partition coefficient (Wildman–Crippen LogP) is 1.69. The molecule has 4 rings (SSSR count). The second kappa shape index (κ2) is 4.70. The van der Waals surface area contributed by atoms with Crippen LogP contribution in [0.15, 0.2) is 28.8 Å². The summed E-state index contributed by atoms with van der Waals surface area (Å²) in [7, 11) is 0. The van der Waals surface area contributed by atoms with Crippen LogP contribution in [0.4, 0.5) is 0 Å². The third kappa shape index (κ3) is 1.96. The fourth-order valence-electron chi connectivity index (χ4n) is 3.04. The highest BCUT2D eigenvalue weighted by atomic mass is 16.5. The van der Waals surface area contributed by atoms with Crippen molar-refractivity contribution < 1.29 is 14.4 Å². The van der Waals surface area contributed by atoms with Gasteiger partial charge in [0.15, 0.2) is 11.5 Å². The first-order chi connectivity index (χ1) is 10.2. The second-order valence-electron chi connectivity index (χ2n) is 5.72. The molecule has 2 aromatic rings. The Morgan fingerprint density at radius 2 is 2.14 bits per heavy atom. The summed E-state index contributed by atoms with van der Waals surface area (Å²) >= 11 is 0. The summed E-state index contributed by atoms with van der Waals surface area (Å²) < 4.78 is 5.42. The molecular formula is C16H16N2O3. The van der Waals surface area contributed by atoms with Crippen LogP contribution in [0.1, 0.15) is 34.5 Å². The highest BCUT2D eigenvalue weighted by molar-refractivity contribution is 5.95. The Balaban J connectivity index is 1.65. The number of aliphatic hydroxyl groups excluding tert-OH is 1. The zero-order chi connectivity index (χ0) is 14.4. The van der Waals surface area contributed by atoms with E-state index in [1.54, 1.807) is 0 Å². The molecule has 0 saturated heterocycles. The van der Waals surface area contributed by atoms with Gasteiger partial charge in [-0.25, -0.2) is 0 Å². The number of carbonyl (C=O) groups is 1. The average molecular weight is 284 g/mol. The summed E-state index contributed by atoms with van der Waals surface area (Å²) in [6.45, 7) is 0. The maximum atomic E-state index is 12.3. The number of benzene rings is 1. The molecule has 0 bridgehead atoms. The molecular weight excluding hydrogens is 268 g/mol.